The topological polar surface area (TPSA) is 64.2 Å². The van der Waals surface area contributed by atoms with E-state index in [-0.39, 0.29) is 5.56 Å². The van der Waals surface area contributed by atoms with Crippen molar-refractivity contribution in [3.05, 3.63) is 58.1 Å². The van der Waals surface area contributed by atoms with Gasteiger partial charge in [0.15, 0.2) is 5.82 Å². The molecule has 5 nitrogen and oxygen atoms in total. The maximum Gasteiger partial charge on any atom is 0.293 e. The highest BCUT2D eigenvalue weighted by molar-refractivity contribution is 5.37. The summed E-state index contributed by atoms with van der Waals surface area (Å²) in [6, 6.07) is 8.49. The summed E-state index contributed by atoms with van der Waals surface area (Å²) in [6.07, 6.45) is 5.68. The van der Waals surface area contributed by atoms with Gasteiger partial charge in [-0.05, 0) is 24.0 Å². The van der Waals surface area contributed by atoms with Crippen LogP contribution in [0.4, 0.5) is 5.82 Å². The number of anilines is 1. The molecular formula is C16H20N4O. The van der Waals surface area contributed by atoms with Crippen molar-refractivity contribution in [3.63, 3.8) is 0 Å². The Bertz CT molecular complexity index is 673. The first-order chi connectivity index (χ1) is 10.2. The van der Waals surface area contributed by atoms with Crippen LogP contribution in [0.5, 0.6) is 0 Å². The Balaban J connectivity index is 1.79. The second-order valence-corrected chi connectivity index (χ2v) is 5.57. The zero-order valence-electron chi connectivity index (χ0n) is 12.2. The highest BCUT2D eigenvalue weighted by atomic mass is 16.1. The summed E-state index contributed by atoms with van der Waals surface area (Å²) < 4.78 is 1.80. The molecule has 1 saturated carbocycles. The van der Waals surface area contributed by atoms with Gasteiger partial charge in [0.05, 0.1) is 0 Å². The molecular weight excluding hydrogens is 264 g/mol. The van der Waals surface area contributed by atoms with Gasteiger partial charge in [-0.1, -0.05) is 24.3 Å². The number of hydrogen-bond donors (Lipinski definition) is 1. The molecule has 2 aromatic rings. The SMILES string of the molecule is CN(Cc1ccc(CN)cc1)c1nccn(C2CC2)c1=O. The minimum atomic E-state index is 0.000998. The van der Waals surface area contributed by atoms with Gasteiger partial charge in [-0.2, -0.15) is 0 Å². The smallest absolute Gasteiger partial charge is 0.293 e. The van der Waals surface area contributed by atoms with Gasteiger partial charge in [0.2, 0.25) is 0 Å². The first-order valence-corrected chi connectivity index (χ1v) is 7.25. The molecule has 1 aromatic carbocycles. The fourth-order valence-corrected chi connectivity index (χ4v) is 2.45. The van der Waals surface area contributed by atoms with Crippen LogP contribution in [0.2, 0.25) is 0 Å². The molecule has 1 aromatic heterocycles. The van der Waals surface area contributed by atoms with Gasteiger partial charge in [-0.15, -0.1) is 0 Å². The van der Waals surface area contributed by atoms with Crippen molar-refractivity contribution in [1.29, 1.82) is 0 Å². The monoisotopic (exact) mass is 284 g/mol. The molecule has 21 heavy (non-hydrogen) atoms. The van der Waals surface area contributed by atoms with Gasteiger partial charge in [-0.3, -0.25) is 4.79 Å². The van der Waals surface area contributed by atoms with Gasteiger partial charge in [0.1, 0.15) is 0 Å². The quantitative estimate of drug-likeness (QED) is 0.907. The van der Waals surface area contributed by atoms with E-state index in [1.807, 2.05) is 36.2 Å². The maximum absolute atomic E-state index is 12.4. The van der Waals surface area contributed by atoms with E-state index in [1.165, 1.54) is 0 Å². The number of aromatic nitrogens is 2. The molecule has 1 heterocycles. The molecule has 0 saturated heterocycles. The largest absolute Gasteiger partial charge is 0.351 e. The molecule has 0 aliphatic heterocycles. The molecule has 1 aliphatic carbocycles. The first kappa shape index (κ1) is 13.8. The minimum Gasteiger partial charge on any atom is -0.351 e. The van der Waals surface area contributed by atoms with Crippen LogP contribution in [0.1, 0.15) is 30.0 Å². The summed E-state index contributed by atoms with van der Waals surface area (Å²) >= 11 is 0. The number of benzene rings is 1. The first-order valence-electron chi connectivity index (χ1n) is 7.25. The highest BCUT2D eigenvalue weighted by Gasteiger charge is 2.25. The average Bonchev–Trinajstić information content (AvgIpc) is 3.33. The van der Waals surface area contributed by atoms with E-state index in [2.05, 4.69) is 4.98 Å². The zero-order chi connectivity index (χ0) is 14.8. The van der Waals surface area contributed by atoms with Gasteiger partial charge in [0.25, 0.3) is 5.56 Å². The lowest BCUT2D eigenvalue weighted by Crippen LogP contribution is -2.30. The highest BCUT2D eigenvalue weighted by Crippen LogP contribution is 2.33. The van der Waals surface area contributed by atoms with E-state index in [4.69, 9.17) is 5.73 Å². The molecule has 3 rings (SSSR count). The summed E-state index contributed by atoms with van der Waals surface area (Å²) in [7, 11) is 1.90. The molecule has 1 aliphatic rings. The van der Waals surface area contributed by atoms with E-state index < -0.39 is 0 Å². The molecule has 2 N–H and O–H groups in total. The molecule has 0 radical (unpaired) electrons. The summed E-state index contributed by atoms with van der Waals surface area (Å²) in [5.41, 5.74) is 7.84. The third kappa shape index (κ3) is 2.97. The maximum atomic E-state index is 12.4. The molecule has 0 atom stereocenters. The van der Waals surface area contributed by atoms with Crippen molar-refractivity contribution in [2.24, 2.45) is 5.73 Å². The zero-order valence-corrected chi connectivity index (χ0v) is 12.2. The third-order valence-corrected chi connectivity index (χ3v) is 3.83. The summed E-state index contributed by atoms with van der Waals surface area (Å²) in [6.45, 7) is 1.20. The second kappa shape index (κ2) is 5.69. The van der Waals surface area contributed by atoms with Gasteiger partial charge in [-0.25, -0.2) is 4.98 Å². The van der Waals surface area contributed by atoms with Gasteiger partial charge >= 0.3 is 0 Å². The Hall–Kier alpha value is -2.14. The standard InChI is InChI=1S/C16H20N4O/c1-19(11-13-4-2-12(10-17)3-5-13)15-16(21)20(9-8-18-15)14-6-7-14/h2-5,8-9,14H,6-7,10-11,17H2,1H3. The van der Waals surface area contributed by atoms with Crippen molar-refractivity contribution in [1.82, 2.24) is 9.55 Å². The van der Waals surface area contributed by atoms with E-state index >= 15 is 0 Å². The van der Waals surface area contributed by atoms with E-state index in [9.17, 15) is 4.79 Å². The lowest BCUT2D eigenvalue weighted by Gasteiger charge is -2.18. The molecule has 0 unspecified atom stereocenters. The van der Waals surface area contributed by atoms with Gasteiger partial charge < -0.3 is 15.2 Å². The summed E-state index contributed by atoms with van der Waals surface area (Å²) in [5.74, 6) is 0.507. The number of nitrogens with zero attached hydrogens (tertiary/aromatic N) is 3. The van der Waals surface area contributed by atoms with Crippen LogP contribution in [0, 0.1) is 0 Å². The van der Waals surface area contributed by atoms with Crippen LogP contribution in [0.15, 0.2) is 41.5 Å². The molecule has 0 bridgehead atoms. The fourth-order valence-electron chi connectivity index (χ4n) is 2.45. The van der Waals surface area contributed by atoms with E-state index in [0.717, 1.165) is 24.0 Å². The Morgan fingerprint density at radius 3 is 2.57 bits per heavy atom. The Kier molecular flexibility index (Phi) is 3.75. The van der Waals surface area contributed by atoms with Crippen LogP contribution in [0.3, 0.4) is 0 Å². The average molecular weight is 284 g/mol. The van der Waals surface area contributed by atoms with Crippen molar-refractivity contribution in [3.8, 4) is 0 Å². The predicted molar refractivity (Wildman–Crippen MR) is 83.2 cm³/mol. The Labute approximate surface area is 124 Å². The normalized spacial score (nSPS) is 14.2. The fraction of sp³-hybridized carbons (Fsp3) is 0.375. The Morgan fingerprint density at radius 2 is 1.95 bits per heavy atom. The van der Waals surface area contributed by atoms with Crippen molar-refractivity contribution in [2.75, 3.05) is 11.9 Å². The molecule has 1 fully saturated rings. The molecule has 110 valence electrons. The predicted octanol–water partition coefficient (Wildman–Crippen LogP) is 1.67. The van der Waals surface area contributed by atoms with Crippen LogP contribution in [-0.4, -0.2) is 16.6 Å². The van der Waals surface area contributed by atoms with Gasteiger partial charge in [0, 0.05) is 38.6 Å². The van der Waals surface area contributed by atoms with Crippen LogP contribution < -0.4 is 16.2 Å². The minimum absolute atomic E-state index is 0.000998. The molecule has 0 amide bonds. The summed E-state index contributed by atoms with van der Waals surface area (Å²) in [4.78, 5) is 18.6. The van der Waals surface area contributed by atoms with Crippen molar-refractivity contribution in [2.45, 2.75) is 32.0 Å². The Morgan fingerprint density at radius 1 is 1.29 bits per heavy atom. The third-order valence-electron chi connectivity index (χ3n) is 3.83. The van der Waals surface area contributed by atoms with Crippen molar-refractivity contribution >= 4 is 5.82 Å². The van der Waals surface area contributed by atoms with E-state index in [1.54, 1.807) is 17.0 Å². The lowest BCUT2D eigenvalue weighted by atomic mass is 10.1. The number of hydrogen-bond acceptors (Lipinski definition) is 4. The summed E-state index contributed by atoms with van der Waals surface area (Å²) in [5, 5.41) is 0. The van der Waals surface area contributed by atoms with Crippen LogP contribution in [-0.2, 0) is 13.1 Å². The van der Waals surface area contributed by atoms with Crippen LogP contribution >= 0.6 is 0 Å². The number of nitrogens with two attached hydrogens (primary N) is 1. The second-order valence-electron chi connectivity index (χ2n) is 5.57. The van der Waals surface area contributed by atoms with Crippen LogP contribution in [0.25, 0.3) is 0 Å². The van der Waals surface area contributed by atoms with E-state index in [0.29, 0.717) is 24.9 Å². The van der Waals surface area contributed by atoms with Crippen molar-refractivity contribution < 1.29 is 0 Å². The lowest BCUT2D eigenvalue weighted by molar-refractivity contribution is 0.690. The molecule has 5 heteroatoms. The number of rotatable bonds is 5. The molecule has 0 spiro atoms.